The van der Waals surface area contributed by atoms with Crippen LogP contribution in [0, 0.1) is 5.82 Å². The maximum absolute atomic E-state index is 13.6. The molecule has 21 heavy (non-hydrogen) atoms. The zero-order valence-electron chi connectivity index (χ0n) is 12.0. The zero-order valence-corrected chi connectivity index (χ0v) is 12.0. The van der Waals surface area contributed by atoms with Crippen LogP contribution in [0.2, 0.25) is 0 Å². The highest BCUT2D eigenvalue weighted by Gasteiger charge is 2.22. The second kappa shape index (κ2) is 6.83. The number of ether oxygens (including phenoxy) is 1. The van der Waals surface area contributed by atoms with Gasteiger partial charge in [0.2, 0.25) is 0 Å². The van der Waals surface area contributed by atoms with E-state index in [1.165, 1.54) is 6.07 Å². The van der Waals surface area contributed by atoms with Gasteiger partial charge >= 0.3 is 0 Å². The van der Waals surface area contributed by atoms with E-state index >= 15 is 0 Å². The van der Waals surface area contributed by atoms with Crippen LogP contribution in [0.1, 0.15) is 30.1 Å². The highest BCUT2D eigenvalue weighted by atomic mass is 19.1. The summed E-state index contributed by atoms with van der Waals surface area (Å²) in [5, 5.41) is 3.34. The standard InChI is InChI=1S/C18H20FNO/c19-16-8-4-7-15(13-16)18(14-5-2-1-3-6-14)21-17-9-11-20-12-10-17/h1-8,13,17-18,20H,9-12H2. The number of benzene rings is 2. The van der Waals surface area contributed by atoms with Gasteiger partial charge in [-0.15, -0.1) is 0 Å². The summed E-state index contributed by atoms with van der Waals surface area (Å²) in [6, 6.07) is 16.8. The summed E-state index contributed by atoms with van der Waals surface area (Å²) in [6.07, 6.45) is 2.02. The third-order valence-electron chi connectivity index (χ3n) is 3.87. The molecule has 3 rings (SSSR count). The molecule has 0 bridgehead atoms. The highest BCUT2D eigenvalue weighted by molar-refractivity contribution is 5.30. The average molecular weight is 285 g/mol. The molecule has 1 aliphatic rings. The fourth-order valence-corrected chi connectivity index (χ4v) is 2.77. The smallest absolute Gasteiger partial charge is 0.123 e. The molecule has 1 saturated heterocycles. The van der Waals surface area contributed by atoms with E-state index in [2.05, 4.69) is 5.32 Å². The van der Waals surface area contributed by atoms with Gasteiger partial charge in [-0.05, 0) is 49.2 Å². The molecule has 3 heteroatoms. The molecule has 0 aromatic heterocycles. The molecule has 1 N–H and O–H groups in total. The molecular weight excluding hydrogens is 265 g/mol. The molecule has 2 aromatic carbocycles. The van der Waals surface area contributed by atoms with Gasteiger partial charge in [-0.25, -0.2) is 4.39 Å². The fraction of sp³-hybridized carbons (Fsp3) is 0.333. The topological polar surface area (TPSA) is 21.3 Å². The molecule has 1 aliphatic heterocycles. The maximum Gasteiger partial charge on any atom is 0.123 e. The van der Waals surface area contributed by atoms with Gasteiger partial charge in [0.15, 0.2) is 0 Å². The van der Waals surface area contributed by atoms with Gasteiger partial charge in [0.25, 0.3) is 0 Å². The lowest BCUT2D eigenvalue weighted by atomic mass is 10.00. The first kappa shape index (κ1) is 14.2. The predicted molar refractivity (Wildman–Crippen MR) is 81.7 cm³/mol. The van der Waals surface area contributed by atoms with Crippen molar-refractivity contribution in [1.82, 2.24) is 5.32 Å². The minimum Gasteiger partial charge on any atom is -0.365 e. The van der Waals surface area contributed by atoms with Crippen LogP contribution in [0.3, 0.4) is 0 Å². The van der Waals surface area contributed by atoms with Crippen LogP contribution in [0.15, 0.2) is 54.6 Å². The van der Waals surface area contributed by atoms with Gasteiger partial charge in [0, 0.05) is 0 Å². The van der Waals surface area contributed by atoms with Crippen molar-refractivity contribution in [2.45, 2.75) is 25.0 Å². The van der Waals surface area contributed by atoms with Crippen LogP contribution in [-0.2, 0) is 4.74 Å². The molecule has 110 valence electrons. The van der Waals surface area contributed by atoms with Crippen molar-refractivity contribution in [3.63, 3.8) is 0 Å². The second-order valence-corrected chi connectivity index (χ2v) is 5.43. The van der Waals surface area contributed by atoms with E-state index in [-0.39, 0.29) is 18.0 Å². The van der Waals surface area contributed by atoms with Crippen molar-refractivity contribution in [2.75, 3.05) is 13.1 Å². The largest absolute Gasteiger partial charge is 0.365 e. The van der Waals surface area contributed by atoms with Gasteiger partial charge in [-0.2, -0.15) is 0 Å². The van der Waals surface area contributed by atoms with Crippen LogP contribution in [0.25, 0.3) is 0 Å². The Kier molecular flexibility index (Phi) is 4.63. The van der Waals surface area contributed by atoms with E-state index in [4.69, 9.17) is 4.74 Å². The van der Waals surface area contributed by atoms with E-state index in [1.807, 2.05) is 36.4 Å². The number of nitrogens with one attached hydrogen (secondary N) is 1. The summed E-state index contributed by atoms with van der Waals surface area (Å²) < 4.78 is 19.9. The van der Waals surface area contributed by atoms with E-state index in [0.717, 1.165) is 37.1 Å². The number of halogens is 1. The Balaban J connectivity index is 1.87. The molecule has 0 aliphatic carbocycles. The SMILES string of the molecule is Fc1cccc(C(OC2CCNCC2)c2ccccc2)c1. The first-order chi connectivity index (χ1) is 10.3. The molecule has 0 amide bonds. The third-order valence-corrected chi connectivity index (χ3v) is 3.87. The lowest BCUT2D eigenvalue weighted by Gasteiger charge is -2.28. The molecule has 1 unspecified atom stereocenters. The Hall–Kier alpha value is -1.71. The Morgan fingerprint density at radius 2 is 1.67 bits per heavy atom. The predicted octanol–water partition coefficient (Wildman–Crippen LogP) is 3.68. The van der Waals surface area contributed by atoms with E-state index in [9.17, 15) is 4.39 Å². The second-order valence-electron chi connectivity index (χ2n) is 5.43. The third kappa shape index (κ3) is 3.69. The summed E-state index contributed by atoms with van der Waals surface area (Å²) in [4.78, 5) is 0. The molecule has 2 aromatic rings. The molecule has 0 radical (unpaired) electrons. The van der Waals surface area contributed by atoms with Crippen molar-refractivity contribution in [3.8, 4) is 0 Å². The van der Waals surface area contributed by atoms with Crippen molar-refractivity contribution in [2.24, 2.45) is 0 Å². The van der Waals surface area contributed by atoms with Crippen molar-refractivity contribution in [1.29, 1.82) is 0 Å². The summed E-state index contributed by atoms with van der Waals surface area (Å²) in [6.45, 7) is 1.96. The number of piperidine rings is 1. The van der Waals surface area contributed by atoms with Gasteiger partial charge in [0.1, 0.15) is 11.9 Å². The van der Waals surface area contributed by atoms with Crippen LogP contribution in [-0.4, -0.2) is 19.2 Å². The normalized spacial score (nSPS) is 17.6. The molecule has 1 atom stereocenters. The van der Waals surface area contributed by atoms with Gasteiger partial charge in [0.05, 0.1) is 6.10 Å². The van der Waals surface area contributed by atoms with E-state index < -0.39 is 0 Å². The van der Waals surface area contributed by atoms with Crippen LogP contribution >= 0.6 is 0 Å². The Morgan fingerprint density at radius 3 is 2.38 bits per heavy atom. The Morgan fingerprint density at radius 1 is 0.952 bits per heavy atom. The first-order valence-electron chi connectivity index (χ1n) is 7.49. The monoisotopic (exact) mass is 285 g/mol. The average Bonchev–Trinajstić information content (AvgIpc) is 2.54. The molecular formula is C18H20FNO. The lowest BCUT2D eigenvalue weighted by molar-refractivity contribution is -0.00817. The minimum absolute atomic E-state index is 0.204. The minimum atomic E-state index is -0.220. The van der Waals surface area contributed by atoms with Crippen molar-refractivity contribution >= 4 is 0 Å². The van der Waals surface area contributed by atoms with Crippen LogP contribution in [0.4, 0.5) is 4.39 Å². The summed E-state index contributed by atoms with van der Waals surface area (Å²) in [5.74, 6) is -0.220. The Labute approximate surface area is 125 Å². The summed E-state index contributed by atoms with van der Waals surface area (Å²) in [7, 11) is 0. The van der Waals surface area contributed by atoms with Crippen LogP contribution < -0.4 is 5.32 Å². The lowest BCUT2D eigenvalue weighted by Crippen LogP contribution is -2.33. The quantitative estimate of drug-likeness (QED) is 0.925. The molecule has 2 nitrogen and oxygen atoms in total. The van der Waals surface area contributed by atoms with Gasteiger partial charge in [-0.1, -0.05) is 42.5 Å². The van der Waals surface area contributed by atoms with Crippen molar-refractivity contribution < 1.29 is 9.13 Å². The molecule has 1 heterocycles. The van der Waals surface area contributed by atoms with Gasteiger partial charge in [-0.3, -0.25) is 0 Å². The van der Waals surface area contributed by atoms with Gasteiger partial charge < -0.3 is 10.1 Å². The Bertz CT molecular complexity index is 566. The van der Waals surface area contributed by atoms with E-state index in [1.54, 1.807) is 12.1 Å². The number of rotatable bonds is 4. The summed E-state index contributed by atoms with van der Waals surface area (Å²) in [5.41, 5.74) is 1.95. The zero-order chi connectivity index (χ0) is 14.5. The summed E-state index contributed by atoms with van der Waals surface area (Å²) >= 11 is 0. The number of hydrogen-bond acceptors (Lipinski definition) is 2. The van der Waals surface area contributed by atoms with Crippen molar-refractivity contribution in [3.05, 3.63) is 71.5 Å². The maximum atomic E-state index is 13.6. The van der Waals surface area contributed by atoms with Crippen LogP contribution in [0.5, 0.6) is 0 Å². The molecule has 0 saturated carbocycles. The molecule has 1 fully saturated rings. The number of hydrogen-bond donors (Lipinski definition) is 1. The highest BCUT2D eigenvalue weighted by Crippen LogP contribution is 2.29. The molecule has 0 spiro atoms. The fourth-order valence-electron chi connectivity index (χ4n) is 2.77. The van der Waals surface area contributed by atoms with E-state index in [0.29, 0.717) is 0 Å². The first-order valence-corrected chi connectivity index (χ1v) is 7.49.